The molecule has 4 heteroatoms. The molecule has 1 heterocycles. The Morgan fingerprint density at radius 3 is 3.00 bits per heavy atom. The van der Waals surface area contributed by atoms with E-state index in [0.717, 1.165) is 13.0 Å². The normalized spacial score (nSPS) is 19.7. The van der Waals surface area contributed by atoms with E-state index in [-0.39, 0.29) is 0 Å². The molecule has 1 aliphatic carbocycles. The lowest BCUT2D eigenvalue weighted by Gasteiger charge is -2.21. The highest BCUT2D eigenvalue weighted by Crippen LogP contribution is 2.35. The molecule has 4 nitrogen and oxygen atoms in total. The SMILES string of the molecule is CCC(C)(O)CNCc1cncn1C1CC1. The number of rotatable bonds is 6. The van der Waals surface area contributed by atoms with Crippen LogP contribution in [0.2, 0.25) is 0 Å². The van der Waals surface area contributed by atoms with Crippen molar-refractivity contribution in [2.24, 2.45) is 0 Å². The van der Waals surface area contributed by atoms with Crippen LogP contribution in [0.25, 0.3) is 0 Å². The summed E-state index contributed by atoms with van der Waals surface area (Å²) in [5.74, 6) is 0. The van der Waals surface area contributed by atoms with Gasteiger partial charge in [-0.2, -0.15) is 0 Å². The topological polar surface area (TPSA) is 50.1 Å². The maximum absolute atomic E-state index is 9.86. The van der Waals surface area contributed by atoms with Crippen LogP contribution in [0.1, 0.15) is 44.8 Å². The molecule has 1 unspecified atom stereocenters. The fourth-order valence-corrected chi connectivity index (χ4v) is 1.74. The molecule has 1 atom stereocenters. The summed E-state index contributed by atoms with van der Waals surface area (Å²) in [6, 6.07) is 0.672. The average Bonchev–Trinajstić information content (AvgIpc) is 2.99. The van der Waals surface area contributed by atoms with Crippen LogP contribution in [-0.2, 0) is 6.54 Å². The first kappa shape index (κ1) is 11.6. The summed E-state index contributed by atoms with van der Waals surface area (Å²) in [7, 11) is 0. The van der Waals surface area contributed by atoms with Crippen molar-refractivity contribution in [3.8, 4) is 0 Å². The Balaban J connectivity index is 1.83. The molecule has 0 saturated heterocycles. The number of hydrogen-bond donors (Lipinski definition) is 2. The van der Waals surface area contributed by atoms with Gasteiger partial charge in [0.15, 0.2) is 0 Å². The molecule has 0 bridgehead atoms. The minimum absolute atomic E-state index is 0.607. The Kier molecular flexibility index (Phi) is 3.30. The second kappa shape index (κ2) is 4.55. The molecule has 16 heavy (non-hydrogen) atoms. The molecule has 2 rings (SSSR count). The molecule has 90 valence electrons. The number of nitrogens with zero attached hydrogens (tertiary/aromatic N) is 2. The van der Waals surface area contributed by atoms with E-state index in [2.05, 4.69) is 14.9 Å². The summed E-state index contributed by atoms with van der Waals surface area (Å²) >= 11 is 0. The summed E-state index contributed by atoms with van der Waals surface area (Å²) in [4.78, 5) is 4.18. The minimum atomic E-state index is -0.607. The Hall–Kier alpha value is -0.870. The third kappa shape index (κ3) is 2.83. The van der Waals surface area contributed by atoms with Gasteiger partial charge in [-0.15, -0.1) is 0 Å². The summed E-state index contributed by atoms with van der Waals surface area (Å²) in [6.07, 6.45) is 7.13. The van der Waals surface area contributed by atoms with Gasteiger partial charge in [-0.1, -0.05) is 6.92 Å². The predicted octanol–water partition coefficient (Wildman–Crippen LogP) is 1.47. The standard InChI is InChI=1S/C12H21N3O/c1-3-12(2,16)8-13-6-11-7-14-9-15(11)10-4-5-10/h7,9-10,13,16H,3-6,8H2,1-2H3. The van der Waals surface area contributed by atoms with E-state index in [4.69, 9.17) is 0 Å². The highest BCUT2D eigenvalue weighted by Gasteiger charge is 2.25. The van der Waals surface area contributed by atoms with Crippen molar-refractivity contribution in [3.05, 3.63) is 18.2 Å². The van der Waals surface area contributed by atoms with Crippen molar-refractivity contribution >= 4 is 0 Å². The van der Waals surface area contributed by atoms with Crippen LogP contribution in [-0.4, -0.2) is 26.8 Å². The summed E-state index contributed by atoms with van der Waals surface area (Å²) in [6.45, 7) is 5.26. The van der Waals surface area contributed by atoms with Crippen LogP contribution in [0.5, 0.6) is 0 Å². The molecule has 0 aromatic carbocycles. The Bertz CT molecular complexity index is 342. The van der Waals surface area contributed by atoms with Gasteiger partial charge >= 0.3 is 0 Å². The molecule has 1 aromatic heterocycles. The van der Waals surface area contributed by atoms with Gasteiger partial charge in [0.05, 0.1) is 17.6 Å². The monoisotopic (exact) mass is 223 g/mol. The van der Waals surface area contributed by atoms with Gasteiger partial charge in [-0.05, 0) is 26.2 Å². The molecule has 0 radical (unpaired) electrons. The molecule has 1 saturated carbocycles. The fraction of sp³-hybridized carbons (Fsp3) is 0.750. The zero-order valence-corrected chi connectivity index (χ0v) is 10.1. The fourth-order valence-electron chi connectivity index (χ4n) is 1.74. The summed E-state index contributed by atoms with van der Waals surface area (Å²) in [5, 5.41) is 13.1. The molecular weight excluding hydrogens is 202 g/mol. The highest BCUT2D eigenvalue weighted by atomic mass is 16.3. The van der Waals surface area contributed by atoms with Crippen LogP contribution in [0.15, 0.2) is 12.5 Å². The van der Waals surface area contributed by atoms with Gasteiger partial charge in [0.1, 0.15) is 0 Å². The molecule has 0 aliphatic heterocycles. The highest BCUT2D eigenvalue weighted by molar-refractivity contribution is 5.03. The number of imidazole rings is 1. The van der Waals surface area contributed by atoms with Gasteiger partial charge in [0.2, 0.25) is 0 Å². The van der Waals surface area contributed by atoms with Crippen molar-refractivity contribution in [1.82, 2.24) is 14.9 Å². The van der Waals surface area contributed by atoms with Crippen molar-refractivity contribution < 1.29 is 5.11 Å². The smallest absolute Gasteiger partial charge is 0.0951 e. The van der Waals surface area contributed by atoms with Crippen molar-refractivity contribution in [3.63, 3.8) is 0 Å². The number of aliphatic hydroxyl groups is 1. The molecule has 1 aliphatic rings. The first-order valence-corrected chi connectivity index (χ1v) is 6.06. The first-order valence-electron chi connectivity index (χ1n) is 6.06. The van der Waals surface area contributed by atoms with Crippen LogP contribution in [0.3, 0.4) is 0 Å². The van der Waals surface area contributed by atoms with Crippen LogP contribution >= 0.6 is 0 Å². The lowest BCUT2D eigenvalue weighted by Crippen LogP contribution is -2.37. The average molecular weight is 223 g/mol. The number of nitrogens with one attached hydrogen (secondary N) is 1. The van der Waals surface area contributed by atoms with Crippen LogP contribution in [0.4, 0.5) is 0 Å². The molecular formula is C12H21N3O. The Morgan fingerprint density at radius 1 is 1.62 bits per heavy atom. The van der Waals surface area contributed by atoms with Gasteiger partial charge in [0.25, 0.3) is 0 Å². The molecule has 2 N–H and O–H groups in total. The van der Waals surface area contributed by atoms with Crippen LogP contribution in [0, 0.1) is 0 Å². The van der Waals surface area contributed by atoms with E-state index in [1.807, 2.05) is 26.4 Å². The molecule has 0 amide bonds. The quantitative estimate of drug-likeness (QED) is 0.768. The van der Waals surface area contributed by atoms with E-state index in [1.165, 1.54) is 18.5 Å². The second-order valence-electron chi connectivity index (χ2n) is 4.98. The van der Waals surface area contributed by atoms with Gasteiger partial charge in [0, 0.05) is 25.3 Å². The van der Waals surface area contributed by atoms with E-state index >= 15 is 0 Å². The maximum Gasteiger partial charge on any atom is 0.0951 e. The maximum atomic E-state index is 9.86. The van der Waals surface area contributed by atoms with E-state index in [0.29, 0.717) is 12.6 Å². The first-order chi connectivity index (χ1) is 7.62. The van der Waals surface area contributed by atoms with Gasteiger partial charge in [-0.3, -0.25) is 0 Å². The molecule has 1 aromatic rings. The van der Waals surface area contributed by atoms with E-state index in [1.54, 1.807) is 0 Å². The van der Waals surface area contributed by atoms with E-state index < -0.39 is 5.60 Å². The number of hydrogen-bond acceptors (Lipinski definition) is 3. The lowest BCUT2D eigenvalue weighted by atomic mass is 10.0. The van der Waals surface area contributed by atoms with Crippen LogP contribution < -0.4 is 5.32 Å². The third-order valence-corrected chi connectivity index (χ3v) is 3.26. The summed E-state index contributed by atoms with van der Waals surface area (Å²) < 4.78 is 2.24. The van der Waals surface area contributed by atoms with Gasteiger partial charge in [-0.25, -0.2) is 4.98 Å². The lowest BCUT2D eigenvalue weighted by molar-refractivity contribution is 0.0554. The predicted molar refractivity (Wildman–Crippen MR) is 63.1 cm³/mol. The van der Waals surface area contributed by atoms with Crippen molar-refractivity contribution in [1.29, 1.82) is 0 Å². The number of aromatic nitrogens is 2. The van der Waals surface area contributed by atoms with E-state index in [9.17, 15) is 5.11 Å². The third-order valence-electron chi connectivity index (χ3n) is 3.26. The zero-order chi connectivity index (χ0) is 11.6. The second-order valence-corrected chi connectivity index (χ2v) is 4.98. The minimum Gasteiger partial charge on any atom is -0.389 e. The molecule has 1 fully saturated rings. The largest absolute Gasteiger partial charge is 0.389 e. The van der Waals surface area contributed by atoms with Crippen molar-refractivity contribution in [2.45, 2.75) is 51.3 Å². The Labute approximate surface area is 96.7 Å². The van der Waals surface area contributed by atoms with Gasteiger partial charge < -0.3 is 15.0 Å². The van der Waals surface area contributed by atoms with Crippen molar-refractivity contribution in [2.75, 3.05) is 6.54 Å². The Morgan fingerprint density at radius 2 is 2.38 bits per heavy atom. The zero-order valence-electron chi connectivity index (χ0n) is 10.1. The summed E-state index contributed by atoms with van der Waals surface area (Å²) in [5.41, 5.74) is 0.610. The molecule has 0 spiro atoms.